The van der Waals surface area contributed by atoms with Gasteiger partial charge in [0.1, 0.15) is 5.82 Å². The molecule has 2 aromatic carbocycles. The SMILES string of the molecule is Cc1ccc(-[n+]2[nH]oc(=O)c2SCC(=O)Nc2ccccc2F)cc1. The van der Waals surface area contributed by atoms with Gasteiger partial charge in [-0.05, 0) is 40.8 Å². The standard InChI is InChI=1S/C17H14FN3O3S/c1-11-6-8-12(9-7-11)21-16(17(23)24-20-21)25-10-15(22)19-14-5-3-2-4-13(14)18/h2-9H,10H2,1H3,(H-,19,20,22,23)/p+1. The van der Waals surface area contributed by atoms with Gasteiger partial charge in [0.2, 0.25) is 11.6 Å². The molecule has 0 bridgehead atoms. The topological polar surface area (TPSA) is 79.0 Å². The van der Waals surface area contributed by atoms with E-state index in [1.54, 1.807) is 6.07 Å². The zero-order valence-corrected chi connectivity index (χ0v) is 14.1. The number of thioether (sulfide) groups is 1. The molecule has 8 heteroatoms. The second-order valence-corrected chi connectivity index (χ2v) is 6.24. The highest BCUT2D eigenvalue weighted by Gasteiger charge is 2.25. The molecule has 1 aromatic heterocycles. The van der Waals surface area contributed by atoms with E-state index in [-0.39, 0.29) is 16.5 Å². The lowest BCUT2D eigenvalue weighted by atomic mass is 10.2. The molecule has 0 aliphatic rings. The number of nitrogens with zero attached hydrogens (tertiary/aromatic N) is 1. The Bertz CT molecular complexity index is 950. The number of aryl methyl sites for hydroxylation is 1. The molecule has 1 amide bonds. The lowest BCUT2D eigenvalue weighted by Crippen LogP contribution is -2.36. The predicted molar refractivity (Wildman–Crippen MR) is 91.4 cm³/mol. The highest BCUT2D eigenvalue weighted by Crippen LogP contribution is 2.15. The zero-order valence-electron chi connectivity index (χ0n) is 13.3. The molecule has 3 rings (SSSR count). The van der Waals surface area contributed by atoms with E-state index in [0.717, 1.165) is 17.3 Å². The second-order valence-electron chi connectivity index (χ2n) is 5.27. The van der Waals surface area contributed by atoms with Gasteiger partial charge in [0, 0.05) is 12.1 Å². The molecule has 0 radical (unpaired) electrons. The van der Waals surface area contributed by atoms with Crippen molar-refractivity contribution in [1.29, 1.82) is 0 Å². The van der Waals surface area contributed by atoms with Gasteiger partial charge in [-0.1, -0.05) is 29.8 Å². The molecule has 6 nitrogen and oxygen atoms in total. The summed E-state index contributed by atoms with van der Waals surface area (Å²) in [5.74, 6) is -1.01. The molecule has 25 heavy (non-hydrogen) atoms. The van der Waals surface area contributed by atoms with Gasteiger partial charge >= 0.3 is 10.7 Å². The van der Waals surface area contributed by atoms with Gasteiger partial charge in [-0.2, -0.15) is 0 Å². The van der Waals surface area contributed by atoms with Crippen LogP contribution in [0.1, 0.15) is 5.56 Å². The number of para-hydroxylation sites is 1. The largest absolute Gasteiger partial charge is 0.442 e. The minimum Gasteiger partial charge on any atom is -0.323 e. The van der Waals surface area contributed by atoms with Gasteiger partial charge in [-0.15, -0.1) is 0 Å². The fourth-order valence-electron chi connectivity index (χ4n) is 2.13. The molecule has 0 atom stereocenters. The van der Waals surface area contributed by atoms with Crippen LogP contribution >= 0.6 is 11.8 Å². The number of amides is 1. The Labute approximate surface area is 146 Å². The number of hydrogen-bond donors (Lipinski definition) is 2. The highest BCUT2D eigenvalue weighted by molar-refractivity contribution is 7.99. The Morgan fingerprint density at radius 3 is 2.68 bits per heavy atom. The quantitative estimate of drug-likeness (QED) is 0.541. The van der Waals surface area contributed by atoms with Crippen molar-refractivity contribution in [1.82, 2.24) is 5.27 Å². The van der Waals surface area contributed by atoms with Gasteiger partial charge in [0.15, 0.2) is 0 Å². The van der Waals surface area contributed by atoms with Crippen molar-refractivity contribution in [3.63, 3.8) is 0 Å². The van der Waals surface area contributed by atoms with Crippen LogP contribution in [0, 0.1) is 12.7 Å². The average Bonchev–Trinajstić information content (AvgIpc) is 2.96. The van der Waals surface area contributed by atoms with Gasteiger partial charge in [-0.25, -0.2) is 9.18 Å². The Balaban J connectivity index is 1.72. The summed E-state index contributed by atoms with van der Waals surface area (Å²) in [4.78, 5) is 23.9. The summed E-state index contributed by atoms with van der Waals surface area (Å²) in [5.41, 5.74) is 1.30. The number of carbonyl (C=O) groups is 1. The van der Waals surface area contributed by atoms with Crippen LogP contribution in [0.5, 0.6) is 0 Å². The van der Waals surface area contributed by atoms with Crippen molar-refractivity contribution >= 4 is 23.4 Å². The second kappa shape index (κ2) is 7.35. The number of carbonyl (C=O) groups excluding carboxylic acids is 1. The predicted octanol–water partition coefficient (Wildman–Crippen LogP) is 2.42. The number of hydrogen-bond acceptors (Lipinski definition) is 4. The van der Waals surface area contributed by atoms with Crippen LogP contribution < -0.4 is 15.6 Å². The zero-order chi connectivity index (χ0) is 17.8. The average molecular weight is 360 g/mol. The summed E-state index contributed by atoms with van der Waals surface area (Å²) in [6, 6.07) is 13.3. The number of nitrogens with one attached hydrogen (secondary N) is 2. The highest BCUT2D eigenvalue weighted by atomic mass is 32.2. The third-order valence-electron chi connectivity index (χ3n) is 3.39. The Hall–Kier alpha value is -2.87. The van der Waals surface area contributed by atoms with Crippen LogP contribution in [0.15, 0.2) is 62.9 Å². The van der Waals surface area contributed by atoms with E-state index < -0.39 is 17.3 Å². The first-order valence-electron chi connectivity index (χ1n) is 7.42. The number of benzene rings is 2. The summed E-state index contributed by atoms with van der Waals surface area (Å²) in [7, 11) is 0. The van der Waals surface area contributed by atoms with Crippen LogP contribution in [0.25, 0.3) is 5.69 Å². The maximum absolute atomic E-state index is 13.6. The molecule has 3 aromatic rings. The molecule has 0 saturated heterocycles. The first kappa shape index (κ1) is 17.0. The molecular weight excluding hydrogens is 345 g/mol. The Morgan fingerprint density at radius 2 is 1.96 bits per heavy atom. The smallest absolute Gasteiger partial charge is 0.323 e. The minimum atomic E-state index is -0.579. The van der Waals surface area contributed by atoms with Crippen molar-refractivity contribution in [3.05, 3.63) is 70.3 Å². The van der Waals surface area contributed by atoms with Crippen LogP contribution in [0.4, 0.5) is 10.1 Å². The van der Waals surface area contributed by atoms with E-state index in [9.17, 15) is 14.0 Å². The van der Waals surface area contributed by atoms with E-state index in [1.807, 2.05) is 31.2 Å². The summed E-state index contributed by atoms with van der Waals surface area (Å²) in [6.45, 7) is 1.95. The third-order valence-corrected chi connectivity index (χ3v) is 4.42. The molecule has 0 spiro atoms. The molecule has 0 aliphatic heterocycles. The maximum Gasteiger partial charge on any atom is 0.442 e. The maximum atomic E-state index is 13.6. The van der Waals surface area contributed by atoms with Crippen molar-refractivity contribution in [2.45, 2.75) is 11.9 Å². The minimum absolute atomic E-state index is 0.0667. The van der Waals surface area contributed by atoms with Gasteiger partial charge in [-0.3, -0.25) is 9.32 Å². The summed E-state index contributed by atoms with van der Waals surface area (Å²) in [5, 5.41) is 5.21. The van der Waals surface area contributed by atoms with Gasteiger partial charge in [0.05, 0.1) is 11.4 Å². The summed E-state index contributed by atoms with van der Waals surface area (Å²) < 4.78 is 19.8. The summed E-state index contributed by atoms with van der Waals surface area (Å²) >= 11 is 1.00. The number of anilines is 1. The molecule has 0 fully saturated rings. The van der Waals surface area contributed by atoms with Crippen LogP contribution in [0.2, 0.25) is 0 Å². The number of aromatic amines is 1. The first-order chi connectivity index (χ1) is 12.0. The normalized spacial score (nSPS) is 10.6. The van der Waals surface area contributed by atoms with Crippen molar-refractivity contribution in [3.8, 4) is 5.69 Å². The summed E-state index contributed by atoms with van der Waals surface area (Å²) in [6.07, 6.45) is 0. The molecule has 0 aliphatic carbocycles. The van der Waals surface area contributed by atoms with E-state index >= 15 is 0 Å². The number of H-pyrrole nitrogens is 1. The first-order valence-corrected chi connectivity index (χ1v) is 8.41. The van der Waals surface area contributed by atoms with Gasteiger partial charge in [0.25, 0.3) is 0 Å². The monoisotopic (exact) mass is 360 g/mol. The lowest BCUT2D eigenvalue weighted by Gasteiger charge is -2.04. The molecule has 128 valence electrons. The van der Waals surface area contributed by atoms with E-state index in [1.165, 1.54) is 22.9 Å². The van der Waals surface area contributed by atoms with Crippen LogP contribution in [-0.2, 0) is 4.79 Å². The fraction of sp³-hybridized carbons (Fsp3) is 0.118. The lowest BCUT2D eigenvalue weighted by molar-refractivity contribution is -0.704. The van der Waals surface area contributed by atoms with Crippen molar-refractivity contribution in [2.75, 3.05) is 11.1 Å². The van der Waals surface area contributed by atoms with E-state index in [0.29, 0.717) is 5.69 Å². The molecule has 1 heterocycles. The molecular formula is C17H15FN3O3S+. The number of halogens is 1. The molecule has 0 saturated carbocycles. The Kier molecular flexibility index (Phi) is 4.99. The van der Waals surface area contributed by atoms with E-state index in [2.05, 4.69) is 10.6 Å². The van der Waals surface area contributed by atoms with Crippen molar-refractivity contribution < 1.29 is 18.4 Å². The van der Waals surface area contributed by atoms with E-state index in [4.69, 9.17) is 4.52 Å². The third kappa shape index (κ3) is 3.97. The molecule has 2 N–H and O–H groups in total. The van der Waals surface area contributed by atoms with Crippen LogP contribution in [-0.4, -0.2) is 16.9 Å². The number of rotatable bonds is 5. The molecule has 0 unspecified atom stereocenters. The van der Waals surface area contributed by atoms with Gasteiger partial charge < -0.3 is 5.32 Å². The number of aromatic nitrogens is 2. The Morgan fingerprint density at radius 1 is 1.24 bits per heavy atom. The van der Waals surface area contributed by atoms with Crippen molar-refractivity contribution in [2.24, 2.45) is 0 Å². The van der Waals surface area contributed by atoms with Crippen LogP contribution in [0.3, 0.4) is 0 Å². The fourth-order valence-corrected chi connectivity index (χ4v) is 2.90.